The van der Waals surface area contributed by atoms with E-state index in [0.717, 1.165) is 19.4 Å². The quantitative estimate of drug-likeness (QED) is 0.320. The molecule has 0 unspecified atom stereocenters. The normalized spacial score (nSPS) is 18.4. The average Bonchev–Trinajstić information content (AvgIpc) is 2.64. The second-order valence-electron chi connectivity index (χ2n) is 9.86. The molecule has 1 heterocycles. The molecule has 0 radical (unpaired) electrons. The Morgan fingerprint density at radius 2 is 1.32 bits per heavy atom. The first-order valence-electron chi connectivity index (χ1n) is 11.7. The van der Waals surface area contributed by atoms with Crippen LogP contribution in [0.4, 0.5) is 0 Å². The summed E-state index contributed by atoms with van der Waals surface area (Å²) in [5, 5.41) is 0. The van der Waals surface area contributed by atoms with E-state index in [-0.39, 0.29) is 18.1 Å². The molecule has 1 aromatic rings. The standard InChI is InChI=1S/C25H43BO2/c1-7-9-11-13-15-21-17-22(16-14-12-10-8-2)19-23(18-21)26-27-20-24(3,4)25(5,6)28-26/h17-19H,7-16,20H2,1-6H3. The largest absolute Gasteiger partial charge is 0.494 e. The predicted octanol–water partition coefficient (Wildman–Crippen LogP) is 6.48. The summed E-state index contributed by atoms with van der Waals surface area (Å²) < 4.78 is 12.6. The second-order valence-corrected chi connectivity index (χ2v) is 9.86. The van der Waals surface area contributed by atoms with Crippen molar-refractivity contribution in [2.45, 2.75) is 111 Å². The minimum Gasteiger partial charge on any atom is -0.407 e. The molecule has 2 rings (SSSR count). The van der Waals surface area contributed by atoms with Gasteiger partial charge in [-0.1, -0.05) is 84.4 Å². The number of unbranched alkanes of at least 4 members (excludes halogenated alkanes) is 6. The van der Waals surface area contributed by atoms with Crippen LogP contribution >= 0.6 is 0 Å². The SMILES string of the molecule is CCCCCCc1cc(CCCCCC)cc(B2OCC(C)(C)C(C)(C)O2)c1. The molecule has 28 heavy (non-hydrogen) atoms. The number of aryl methyl sites for hydroxylation is 2. The lowest BCUT2D eigenvalue weighted by Crippen LogP contribution is -2.58. The van der Waals surface area contributed by atoms with Crippen molar-refractivity contribution >= 4 is 12.6 Å². The van der Waals surface area contributed by atoms with Gasteiger partial charge in [0.15, 0.2) is 0 Å². The van der Waals surface area contributed by atoms with Crippen LogP contribution in [0.1, 0.15) is 104 Å². The van der Waals surface area contributed by atoms with E-state index in [9.17, 15) is 0 Å². The summed E-state index contributed by atoms with van der Waals surface area (Å²) in [7, 11) is -0.243. The summed E-state index contributed by atoms with van der Waals surface area (Å²) in [5.41, 5.74) is 3.93. The van der Waals surface area contributed by atoms with E-state index in [1.165, 1.54) is 68.0 Å². The van der Waals surface area contributed by atoms with Crippen molar-refractivity contribution in [1.82, 2.24) is 0 Å². The Morgan fingerprint density at radius 3 is 1.79 bits per heavy atom. The first-order valence-corrected chi connectivity index (χ1v) is 11.7. The highest BCUT2D eigenvalue weighted by molar-refractivity contribution is 6.61. The van der Waals surface area contributed by atoms with E-state index in [1.807, 2.05) is 0 Å². The Bertz CT molecular complexity index is 564. The van der Waals surface area contributed by atoms with Crippen LogP contribution in [0.3, 0.4) is 0 Å². The summed E-state index contributed by atoms with van der Waals surface area (Å²) in [4.78, 5) is 0. The van der Waals surface area contributed by atoms with Gasteiger partial charge < -0.3 is 9.31 Å². The van der Waals surface area contributed by atoms with E-state index < -0.39 is 0 Å². The van der Waals surface area contributed by atoms with Crippen molar-refractivity contribution in [1.29, 1.82) is 0 Å². The predicted molar refractivity (Wildman–Crippen MR) is 122 cm³/mol. The van der Waals surface area contributed by atoms with Crippen molar-refractivity contribution in [3.63, 3.8) is 0 Å². The van der Waals surface area contributed by atoms with Crippen molar-refractivity contribution in [3.8, 4) is 0 Å². The molecule has 1 aromatic carbocycles. The van der Waals surface area contributed by atoms with E-state index >= 15 is 0 Å². The van der Waals surface area contributed by atoms with Gasteiger partial charge in [0.2, 0.25) is 0 Å². The number of benzene rings is 1. The Morgan fingerprint density at radius 1 is 0.786 bits per heavy atom. The lowest BCUT2D eigenvalue weighted by atomic mass is 9.68. The summed E-state index contributed by atoms with van der Waals surface area (Å²) in [6, 6.07) is 7.10. The Labute approximate surface area is 174 Å². The fourth-order valence-electron chi connectivity index (χ4n) is 3.81. The third kappa shape index (κ3) is 6.63. The number of hydrogen-bond donors (Lipinski definition) is 0. The average molecular weight is 386 g/mol. The molecule has 0 bridgehead atoms. The maximum absolute atomic E-state index is 6.45. The molecule has 0 atom stereocenters. The molecule has 0 N–H and O–H groups in total. The molecule has 0 saturated carbocycles. The molecule has 1 saturated heterocycles. The van der Waals surface area contributed by atoms with Gasteiger partial charge >= 0.3 is 7.12 Å². The van der Waals surface area contributed by atoms with Crippen molar-refractivity contribution in [2.24, 2.45) is 5.41 Å². The fraction of sp³-hybridized carbons (Fsp3) is 0.760. The molecule has 0 aliphatic carbocycles. The fourth-order valence-corrected chi connectivity index (χ4v) is 3.81. The van der Waals surface area contributed by atoms with Crippen LogP contribution in [0, 0.1) is 5.41 Å². The molecule has 1 fully saturated rings. The highest BCUT2D eigenvalue weighted by atomic mass is 16.6. The van der Waals surface area contributed by atoms with Crippen LogP contribution in [0.15, 0.2) is 18.2 Å². The lowest BCUT2D eigenvalue weighted by molar-refractivity contribution is -0.0937. The van der Waals surface area contributed by atoms with Crippen molar-refractivity contribution in [2.75, 3.05) is 6.61 Å². The van der Waals surface area contributed by atoms with Gasteiger partial charge in [0.05, 0.1) is 5.60 Å². The summed E-state index contributed by atoms with van der Waals surface area (Å²) in [5.74, 6) is 0. The smallest absolute Gasteiger partial charge is 0.407 e. The van der Waals surface area contributed by atoms with Gasteiger partial charge in [0, 0.05) is 12.0 Å². The van der Waals surface area contributed by atoms with Gasteiger partial charge in [-0.05, 0) is 56.1 Å². The third-order valence-electron chi connectivity index (χ3n) is 6.61. The maximum Gasteiger partial charge on any atom is 0.494 e. The molecule has 1 aliphatic heterocycles. The number of hydrogen-bond acceptors (Lipinski definition) is 2. The first-order chi connectivity index (χ1) is 13.3. The molecule has 1 aliphatic rings. The molecule has 158 valence electrons. The summed E-state index contributed by atoms with van der Waals surface area (Å²) >= 11 is 0. The molecule has 0 amide bonds. The van der Waals surface area contributed by atoms with Crippen LogP contribution in [-0.4, -0.2) is 19.3 Å². The monoisotopic (exact) mass is 386 g/mol. The van der Waals surface area contributed by atoms with Gasteiger partial charge in [-0.15, -0.1) is 0 Å². The van der Waals surface area contributed by atoms with Gasteiger partial charge in [-0.2, -0.15) is 0 Å². The maximum atomic E-state index is 6.45. The molecular weight excluding hydrogens is 343 g/mol. The zero-order valence-corrected chi connectivity index (χ0v) is 19.4. The van der Waals surface area contributed by atoms with E-state index in [4.69, 9.17) is 9.31 Å². The highest BCUT2D eigenvalue weighted by Crippen LogP contribution is 2.38. The Kier molecular flexibility index (Phi) is 9.08. The van der Waals surface area contributed by atoms with Gasteiger partial charge in [0.1, 0.15) is 0 Å². The molecular formula is C25H43BO2. The van der Waals surface area contributed by atoms with Crippen molar-refractivity contribution < 1.29 is 9.31 Å². The zero-order valence-electron chi connectivity index (χ0n) is 19.4. The number of rotatable bonds is 11. The van der Waals surface area contributed by atoms with Crippen LogP contribution in [-0.2, 0) is 22.2 Å². The Balaban J connectivity index is 2.14. The first kappa shape index (κ1) is 23.5. The van der Waals surface area contributed by atoms with E-state index in [0.29, 0.717) is 0 Å². The highest BCUT2D eigenvalue weighted by Gasteiger charge is 2.46. The molecule has 0 aromatic heterocycles. The summed E-state index contributed by atoms with van der Waals surface area (Å²) in [6.45, 7) is 14.1. The van der Waals surface area contributed by atoms with Crippen LogP contribution in [0.5, 0.6) is 0 Å². The molecule has 0 spiro atoms. The second kappa shape index (κ2) is 10.8. The van der Waals surface area contributed by atoms with E-state index in [2.05, 4.69) is 59.7 Å². The van der Waals surface area contributed by atoms with Crippen LogP contribution in [0.2, 0.25) is 0 Å². The van der Waals surface area contributed by atoms with Gasteiger partial charge in [-0.25, -0.2) is 0 Å². The van der Waals surface area contributed by atoms with Crippen LogP contribution in [0.25, 0.3) is 0 Å². The minimum atomic E-state index is -0.243. The van der Waals surface area contributed by atoms with E-state index in [1.54, 1.807) is 0 Å². The van der Waals surface area contributed by atoms with Gasteiger partial charge in [-0.3, -0.25) is 0 Å². The third-order valence-corrected chi connectivity index (χ3v) is 6.61. The van der Waals surface area contributed by atoms with Gasteiger partial charge in [0.25, 0.3) is 0 Å². The minimum absolute atomic E-state index is 0.0181. The van der Waals surface area contributed by atoms with Crippen LogP contribution < -0.4 is 5.46 Å². The lowest BCUT2D eigenvalue weighted by Gasteiger charge is -2.47. The Hall–Kier alpha value is -0.795. The molecule has 2 nitrogen and oxygen atoms in total. The molecule has 3 heteroatoms. The van der Waals surface area contributed by atoms with Crippen molar-refractivity contribution in [3.05, 3.63) is 29.3 Å². The zero-order chi connectivity index (χ0) is 20.6. The topological polar surface area (TPSA) is 18.5 Å². The summed E-state index contributed by atoms with van der Waals surface area (Å²) in [6.07, 6.45) is 12.8.